The quantitative estimate of drug-likeness (QED) is 0.478. The second-order valence-corrected chi connectivity index (χ2v) is 6.81. The minimum absolute atomic E-state index is 0.166. The van der Waals surface area contributed by atoms with Crippen molar-refractivity contribution in [1.29, 1.82) is 0 Å². The minimum atomic E-state index is -0.166. The summed E-state index contributed by atoms with van der Waals surface area (Å²) in [5, 5.41) is 8.09. The number of nitrogens with one attached hydrogen (secondary N) is 2. The molecule has 0 aliphatic heterocycles. The lowest BCUT2D eigenvalue weighted by Crippen LogP contribution is -2.22. The van der Waals surface area contributed by atoms with E-state index in [9.17, 15) is 9.59 Å². The third kappa shape index (κ3) is 13.7. The molecule has 0 aromatic heterocycles. The summed E-state index contributed by atoms with van der Waals surface area (Å²) in [6.07, 6.45) is 2.75. The van der Waals surface area contributed by atoms with Gasteiger partial charge < -0.3 is 0 Å². The highest BCUT2D eigenvalue weighted by Crippen LogP contribution is 2.02. The number of hydrazone groups is 2. The highest BCUT2D eigenvalue weighted by molar-refractivity contribution is 5.85. The maximum Gasteiger partial charge on any atom is 0.240 e. The van der Waals surface area contributed by atoms with Gasteiger partial charge in [-0.1, -0.05) is 27.7 Å². The Labute approximate surface area is 140 Å². The van der Waals surface area contributed by atoms with Crippen molar-refractivity contribution in [1.82, 2.24) is 10.9 Å². The number of carbonyl (C=O) groups excluding carboxylic acids is 2. The van der Waals surface area contributed by atoms with E-state index in [4.69, 9.17) is 0 Å². The maximum atomic E-state index is 11.6. The van der Waals surface area contributed by atoms with Gasteiger partial charge in [-0.2, -0.15) is 10.2 Å². The molecule has 0 fully saturated rings. The van der Waals surface area contributed by atoms with Crippen LogP contribution in [0.25, 0.3) is 0 Å². The number of carbonyl (C=O) groups is 2. The van der Waals surface area contributed by atoms with Gasteiger partial charge in [0.1, 0.15) is 0 Å². The molecule has 0 radical (unpaired) electrons. The molecule has 23 heavy (non-hydrogen) atoms. The molecule has 0 saturated carbocycles. The fourth-order valence-corrected chi connectivity index (χ4v) is 2.11. The van der Waals surface area contributed by atoms with Gasteiger partial charge in [0.05, 0.1) is 0 Å². The zero-order valence-electron chi connectivity index (χ0n) is 15.4. The number of hydrogen-bond acceptors (Lipinski definition) is 4. The van der Waals surface area contributed by atoms with Crippen molar-refractivity contribution in [3.05, 3.63) is 0 Å². The van der Waals surface area contributed by atoms with Crippen LogP contribution < -0.4 is 10.9 Å². The van der Waals surface area contributed by atoms with Crippen LogP contribution in [0.1, 0.15) is 73.6 Å². The van der Waals surface area contributed by atoms with E-state index in [2.05, 4.69) is 48.7 Å². The van der Waals surface area contributed by atoms with Crippen LogP contribution >= 0.6 is 0 Å². The van der Waals surface area contributed by atoms with Crippen LogP contribution in [0.5, 0.6) is 0 Å². The van der Waals surface area contributed by atoms with E-state index in [-0.39, 0.29) is 24.7 Å². The van der Waals surface area contributed by atoms with Crippen LogP contribution in [-0.2, 0) is 9.59 Å². The summed E-state index contributed by atoms with van der Waals surface area (Å²) in [5.41, 5.74) is 6.85. The Hall–Kier alpha value is -1.72. The van der Waals surface area contributed by atoms with Crippen LogP contribution in [0.4, 0.5) is 0 Å². The summed E-state index contributed by atoms with van der Waals surface area (Å²) >= 11 is 0. The van der Waals surface area contributed by atoms with Crippen molar-refractivity contribution >= 4 is 23.2 Å². The first kappa shape index (κ1) is 21.3. The van der Waals surface area contributed by atoms with Gasteiger partial charge in [-0.05, 0) is 44.9 Å². The molecule has 2 N–H and O–H groups in total. The zero-order valence-corrected chi connectivity index (χ0v) is 15.4. The standard InChI is InChI=1S/C17H32N4O2/c1-12(2)10-14(5)18-20-16(22)8-7-9-17(23)21-19-15(6)11-13(3)4/h12-13H,7-11H2,1-6H3,(H,20,22)(H,21,23). The number of hydrogen-bond donors (Lipinski definition) is 2. The number of amides is 2. The molecule has 0 rings (SSSR count). The first-order valence-corrected chi connectivity index (χ1v) is 8.34. The molecule has 0 heterocycles. The van der Waals surface area contributed by atoms with E-state index in [0.29, 0.717) is 18.3 Å². The van der Waals surface area contributed by atoms with E-state index >= 15 is 0 Å². The normalized spacial score (nSPS) is 12.7. The topological polar surface area (TPSA) is 82.9 Å². The monoisotopic (exact) mass is 324 g/mol. The molecule has 0 saturated heterocycles. The lowest BCUT2D eigenvalue weighted by Gasteiger charge is -2.06. The summed E-state index contributed by atoms with van der Waals surface area (Å²) in [7, 11) is 0. The number of rotatable bonds is 10. The SMILES string of the molecule is CC(CC(C)C)=NNC(=O)CCCC(=O)NN=C(C)CC(C)C. The predicted octanol–water partition coefficient (Wildman–Crippen LogP) is 3.23. The fraction of sp³-hybridized carbons (Fsp3) is 0.765. The molecule has 0 unspecified atom stereocenters. The van der Waals surface area contributed by atoms with Gasteiger partial charge in [0.2, 0.25) is 11.8 Å². The summed E-state index contributed by atoms with van der Waals surface area (Å²) in [6, 6.07) is 0. The van der Waals surface area contributed by atoms with Gasteiger partial charge in [-0.15, -0.1) is 0 Å². The fourth-order valence-electron chi connectivity index (χ4n) is 2.11. The predicted molar refractivity (Wildman–Crippen MR) is 95.3 cm³/mol. The average Bonchev–Trinajstić information content (AvgIpc) is 2.41. The van der Waals surface area contributed by atoms with Gasteiger partial charge in [-0.3, -0.25) is 9.59 Å². The molecule has 6 heteroatoms. The molecule has 0 aromatic rings. The van der Waals surface area contributed by atoms with Gasteiger partial charge in [-0.25, -0.2) is 10.9 Å². The molecule has 0 aromatic carbocycles. The molecule has 0 aliphatic rings. The largest absolute Gasteiger partial charge is 0.273 e. The van der Waals surface area contributed by atoms with Crippen molar-refractivity contribution in [2.75, 3.05) is 0 Å². The Morgan fingerprint density at radius 2 is 1.13 bits per heavy atom. The molecule has 0 spiro atoms. The van der Waals surface area contributed by atoms with E-state index in [0.717, 1.165) is 24.3 Å². The molecule has 2 amide bonds. The summed E-state index contributed by atoms with van der Waals surface area (Å²) in [4.78, 5) is 23.2. The van der Waals surface area contributed by atoms with Gasteiger partial charge in [0, 0.05) is 24.3 Å². The van der Waals surface area contributed by atoms with Crippen LogP contribution in [-0.4, -0.2) is 23.2 Å². The Morgan fingerprint density at radius 3 is 1.43 bits per heavy atom. The lowest BCUT2D eigenvalue weighted by molar-refractivity contribution is -0.122. The Kier molecular flexibility index (Phi) is 10.9. The van der Waals surface area contributed by atoms with Crippen molar-refractivity contribution < 1.29 is 9.59 Å². The van der Waals surface area contributed by atoms with Crippen LogP contribution in [0, 0.1) is 11.8 Å². The average molecular weight is 324 g/mol. The molecule has 0 aliphatic carbocycles. The second kappa shape index (κ2) is 11.8. The van der Waals surface area contributed by atoms with E-state index in [1.54, 1.807) is 0 Å². The van der Waals surface area contributed by atoms with Crippen LogP contribution in [0.15, 0.2) is 10.2 Å². The van der Waals surface area contributed by atoms with Gasteiger partial charge in [0.15, 0.2) is 0 Å². The molecular formula is C17H32N4O2. The zero-order chi connectivity index (χ0) is 17.8. The van der Waals surface area contributed by atoms with Gasteiger partial charge in [0.25, 0.3) is 0 Å². The van der Waals surface area contributed by atoms with Crippen LogP contribution in [0.2, 0.25) is 0 Å². The Balaban J connectivity index is 3.93. The van der Waals surface area contributed by atoms with Crippen molar-refractivity contribution in [3.63, 3.8) is 0 Å². The molecule has 132 valence electrons. The summed E-state index contributed by atoms with van der Waals surface area (Å²) in [5.74, 6) is 0.693. The maximum absolute atomic E-state index is 11.6. The third-order valence-electron chi connectivity index (χ3n) is 2.96. The van der Waals surface area contributed by atoms with Crippen molar-refractivity contribution in [2.24, 2.45) is 22.0 Å². The van der Waals surface area contributed by atoms with Crippen molar-refractivity contribution in [3.8, 4) is 0 Å². The summed E-state index contributed by atoms with van der Waals surface area (Å²) < 4.78 is 0. The smallest absolute Gasteiger partial charge is 0.240 e. The van der Waals surface area contributed by atoms with E-state index in [1.807, 2.05) is 13.8 Å². The minimum Gasteiger partial charge on any atom is -0.273 e. The first-order valence-electron chi connectivity index (χ1n) is 8.34. The molecule has 6 nitrogen and oxygen atoms in total. The highest BCUT2D eigenvalue weighted by atomic mass is 16.2. The van der Waals surface area contributed by atoms with E-state index in [1.165, 1.54) is 0 Å². The highest BCUT2D eigenvalue weighted by Gasteiger charge is 2.05. The molecule has 0 atom stereocenters. The lowest BCUT2D eigenvalue weighted by atomic mass is 10.1. The summed E-state index contributed by atoms with van der Waals surface area (Å²) in [6.45, 7) is 12.2. The van der Waals surface area contributed by atoms with Gasteiger partial charge >= 0.3 is 0 Å². The Morgan fingerprint density at radius 1 is 0.783 bits per heavy atom. The first-order chi connectivity index (χ1) is 10.7. The van der Waals surface area contributed by atoms with Crippen molar-refractivity contribution in [2.45, 2.75) is 73.6 Å². The van der Waals surface area contributed by atoms with Crippen LogP contribution in [0.3, 0.4) is 0 Å². The molecular weight excluding hydrogens is 292 g/mol. The number of nitrogens with zero attached hydrogens (tertiary/aromatic N) is 2. The molecule has 0 bridgehead atoms. The Bertz CT molecular complexity index is 400. The van der Waals surface area contributed by atoms with E-state index < -0.39 is 0 Å². The third-order valence-corrected chi connectivity index (χ3v) is 2.96. The second-order valence-electron chi connectivity index (χ2n) is 6.81.